The number of hydrogen-bond donors (Lipinski definition) is 2. The summed E-state index contributed by atoms with van der Waals surface area (Å²) in [6, 6.07) is 0. The Kier molecular flexibility index (Phi) is 7.52. The highest BCUT2D eigenvalue weighted by molar-refractivity contribution is 6.08. The van der Waals surface area contributed by atoms with E-state index < -0.39 is 17.4 Å². The molecule has 0 aromatic rings. The van der Waals surface area contributed by atoms with Crippen LogP contribution in [0.3, 0.4) is 0 Å². The molecule has 2 amide bonds. The van der Waals surface area contributed by atoms with Crippen LogP contribution in [0.1, 0.15) is 71.1 Å². The predicted octanol–water partition coefficient (Wildman–Crippen LogP) is 2.85. The number of allylic oxidation sites excluding steroid dienone is 1. The summed E-state index contributed by atoms with van der Waals surface area (Å²) < 4.78 is 0. The van der Waals surface area contributed by atoms with E-state index in [1.165, 1.54) is 51.0 Å². The molecular weight excluding hydrogens is 254 g/mol. The van der Waals surface area contributed by atoms with Gasteiger partial charge >= 0.3 is 0 Å². The Balaban J connectivity index is 2.05. The lowest BCUT2D eigenvalue weighted by molar-refractivity contribution is -0.131. The smallest absolute Gasteiger partial charge is 0.263 e. The average molecular weight is 281 g/mol. The van der Waals surface area contributed by atoms with Crippen molar-refractivity contribution in [2.24, 2.45) is 0 Å². The zero-order valence-corrected chi connectivity index (χ0v) is 12.5. The summed E-state index contributed by atoms with van der Waals surface area (Å²) in [6.07, 6.45) is 14.0. The van der Waals surface area contributed by atoms with E-state index in [1.54, 1.807) is 0 Å². The highest BCUT2D eigenvalue weighted by atomic mass is 16.3. The molecule has 1 aliphatic rings. The minimum atomic E-state index is -1.61. The number of imide groups is 1. The van der Waals surface area contributed by atoms with Crippen LogP contribution in [0.4, 0.5) is 0 Å². The SMILES string of the molecule is CCCCCCCCCCC=CC1(O)CC(=O)NC1=O. The molecule has 1 atom stereocenters. The summed E-state index contributed by atoms with van der Waals surface area (Å²) in [5.41, 5.74) is -1.61. The first-order valence-electron chi connectivity index (χ1n) is 7.83. The van der Waals surface area contributed by atoms with Gasteiger partial charge in [-0.2, -0.15) is 0 Å². The predicted molar refractivity (Wildman–Crippen MR) is 79.1 cm³/mol. The van der Waals surface area contributed by atoms with Gasteiger partial charge in [-0.25, -0.2) is 0 Å². The van der Waals surface area contributed by atoms with E-state index in [-0.39, 0.29) is 6.42 Å². The van der Waals surface area contributed by atoms with E-state index in [4.69, 9.17) is 0 Å². The molecule has 1 saturated heterocycles. The van der Waals surface area contributed by atoms with Gasteiger partial charge in [0.25, 0.3) is 5.91 Å². The highest BCUT2D eigenvalue weighted by Gasteiger charge is 2.42. The molecule has 1 unspecified atom stereocenters. The summed E-state index contributed by atoms with van der Waals surface area (Å²) in [4.78, 5) is 22.4. The van der Waals surface area contributed by atoms with Crippen LogP contribution >= 0.6 is 0 Å². The molecule has 1 rings (SSSR count). The second-order valence-corrected chi connectivity index (χ2v) is 5.64. The van der Waals surface area contributed by atoms with Crippen molar-refractivity contribution in [2.75, 3.05) is 0 Å². The van der Waals surface area contributed by atoms with Crippen molar-refractivity contribution in [3.05, 3.63) is 12.2 Å². The molecule has 0 aromatic heterocycles. The summed E-state index contributed by atoms with van der Waals surface area (Å²) in [7, 11) is 0. The molecule has 1 heterocycles. The van der Waals surface area contributed by atoms with Gasteiger partial charge in [0, 0.05) is 0 Å². The molecule has 114 valence electrons. The van der Waals surface area contributed by atoms with Crippen LogP contribution in [-0.2, 0) is 9.59 Å². The Bertz CT molecular complexity index is 352. The van der Waals surface area contributed by atoms with E-state index in [9.17, 15) is 14.7 Å². The molecular formula is C16H27NO3. The maximum atomic E-state index is 11.4. The number of aliphatic hydroxyl groups is 1. The second kappa shape index (κ2) is 8.90. The molecule has 0 aromatic carbocycles. The number of hydrogen-bond acceptors (Lipinski definition) is 3. The standard InChI is InChI=1S/C16H27NO3/c1-2-3-4-5-6-7-8-9-10-11-12-16(20)13-14(18)17-15(16)19/h11-12,20H,2-10,13H2,1H3,(H,17,18,19). The Hall–Kier alpha value is -1.16. The summed E-state index contributed by atoms with van der Waals surface area (Å²) >= 11 is 0. The lowest BCUT2D eigenvalue weighted by Gasteiger charge is -2.11. The fraction of sp³-hybridized carbons (Fsp3) is 0.750. The fourth-order valence-corrected chi connectivity index (χ4v) is 2.41. The third-order valence-electron chi connectivity index (χ3n) is 3.69. The van der Waals surface area contributed by atoms with E-state index >= 15 is 0 Å². The molecule has 0 bridgehead atoms. The van der Waals surface area contributed by atoms with Crippen LogP contribution in [0.2, 0.25) is 0 Å². The monoisotopic (exact) mass is 281 g/mol. The Labute approximate surface area is 121 Å². The summed E-state index contributed by atoms with van der Waals surface area (Å²) in [5, 5.41) is 12.0. The molecule has 1 fully saturated rings. The quantitative estimate of drug-likeness (QED) is 0.367. The highest BCUT2D eigenvalue weighted by Crippen LogP contribution is 2.19. The second-order valence-electron chi connectivity index (χ2n) is 5.64. The van der Waals surface area contributed by atoms with Crippen molar-refractivity contribution in [3.63, 3.8) is 0 Å². The number of rotatable bonds is 10. The van der Waals surface area contributed by atoms with Crippen LogP contribution in [0.15, 0.2) is 12.2 Å². The first kappa shape index (κ1) is 16.9. The van der Waals surface area contributed by atoms with Crippen LogP contribution in [-0.4, -0.2) is 22.5 Å². The number of unbranched alkanes of at least 4 members (excludes halogenated alkanes) is 8. The number of amides is 2. The normalized spacial score (nSPS) is 22.7. The van der Waals surface area contributed by atoms with Crippen LogP contribution < -0.4 is 5.32 Å². The molecule has 1 aliphatic heterocycles. The molecule has 0 saturated carbocycles. The van der Waals surface area contributed by atoms with Crippen molar-refractivity contribution in [3.8, 4) is 0 Å². The van der Waals surface area contributed by atoms with Crippen LogP contribution in [0.5, 0.6) is 0 Å². The van der Waals surface area contributed by atoms with Crippen molar-refractivity contribution < 1.29 is 14.7 Å². The van der Waals surface area contributed by atoms with Crippen LogP contribution in [0, 0.1) is 0 Å². The van der Waals surface area contributed by atoms with Crippen molar-refractivity contribution in [1.29, 1.82) is 0 Å². The molecule has 0 radical (unpaired) electrons. The molecule has 0 spiro atoms. The van der Waals surface area contributed by atoms with Gasteiger partial charge in [-0.15, -0.1) is 0 Å². The van der Waals surface area contributed by atoms with Crippen LogP contribution in [0.25, 0.3) is 0 Å². The molecule has 0 aliphatic carbocycles. The lowest BCUT2D eigenvalue weighted by Crippen LogP contribution is -2.35. The van der Waals surface area contributed by atoms with E-state index in [0.717, 1.165) is 12.8 Å². The molecule has 4 heteroatoms. The van der Waals surface area contributed by atoms with E-state index in [1.807, 2.05) is 6.08 Å². The van der Waals surface area contributed by atoms with Crippen molar-refractivity contribution in [1.82, 2.24) is 5.32 Å². The van der Waals surface area contributed by atoms with Crippen molar-refractivity contribution in [2.45, 2.75) is 76.7 Å². The van der Waals surface area contributed by atoms with Gasteiger partial charge < -0.3 is 5.11 Å². The largest absolute Gasteiger partial charge is 0.375 e. The van der Waals surface area contributed by atoms with E-state index in [2.05, 4.69) is 12.2 Å². The maximum Gasteiger partial charge on any atom is 0.263 e. The van der Waals surface area contributed by atoms with Crippen molar-refractivity contribution >= 4 is 11.8 Å². The van der Waals surface area contributed by atoms with Gasteiger partial charge in [0.15, 0.2) is 5.60 Å². The first-order valence-corrected chi connectivity index (χ1v) is 7.83. The minimum Gasteiger partial charge on any atom is -0.375 e. The Morgan fingerprint density at radius 3 is 2.25 bits per heavy atom. The van der Waals surface area contributed by atoms with Gasteiger partial charge in [0.1, 0.15) is 0 Å². The van der Waals surface area contributed by atoms with Gasteiger partial charge in [0.05, 0.1) is 6.42 Å². The minimum absolute atomic E-state index is 0.153. The van der Waals surface area contributed by atoms with Gasteiger partial charge in [-0.3, -0.25) is 14.9 Å². The zero-order chi connectivity index (χ0) is 14.8. The molecule has 4 nitrogen and oxygen atoms in total. The maximum absolute atomic E-state index is 11.4. The Morgan fingerprint density at radius 2 is 1.70 bits per heavy atom. The molecule has 20 heavy (non-hydrogen) atoms. The van der Waals surface area contributed by atoms with E-state index in [0.29, 0.717) is 0 Å². The van der Waals surface area contributed by atoms with Gasteiger partial charge in [-0.1, -0.05) is 57.9 Å². The van der Waals surface area contributed by atoms with Gasteiger partial charge in [0.2, 0.25) is 5.91 Å². The third kappa shape index (κ3) is 5.87. The average Bonchev–Trinajstić information content (AvgIpc) is 2.65. The number of nitrogens with one attached hydrogen (secondary N) is 1. The first-order chi connectivity index (χ1) is 9.58. The number of carbonyl (C=O) groups is 2. The Morgan fingerprint density at radius 1 is 1.10 bits per heavy atom. The number of carbonyl (C=O) groups excluding carboxylic acids is 2. The topological polar surface area (TPSA) is 66.4 Å². The van der Waals surface area contributed by atoms with Gasteiger partial charge in [-0.05, 0) is 18.9 Å². The lowest BCUT2D eigenvalue weighted by atomic mass is 10.0. The fourth-order valence-electron chi connectivity index (χ4n) is 2.41. The summed E-state index contributed by atoms with van der Waals surface area (Å²) in [5.74, 6) is -1.01. The zero-order valence-electron chi connectivity index (χ0n) is 12.5. The third-order valence-corrected chi connectivity index (χ3v) is 3.69. The molecule has 2 N–H and O–H groups in total. The summed E-state index contributed by atoms with van der Waals surface area (Å²) in [6.45, 7) is 2.22.